The van der Waals surface area contributed by atoms with Crippen LogP contribution in [0.1, 0.15) is 17.2 Å². The highest BCUT2D eigenvalue weighted by Crippen LogP contribution is 2.30. The van der Waals surface area contributed by atoms with Crippen LogP contribution < -0.4 is 10.1 Å². The van der Waals surface area contributed by atoms with E-state index in [2.05, 4.69) is 21.2 Å². The third kappa shape index (κ3) is 4.75. The van der Waals surface area contributed by atoms with Crippen molar-refractivity contribution in [2.75, 3.05) is 26.7 Å². The molecule has 1 heterocycles. The first kappa shape index (κ1) is 19.8. The molecule has 1 atom stereocenters. The molecule has 25 heavy (non-hydrogen) atoms. The molecule has 0 bridgehead atoms. The monoisotopic (exact) mass is 424 g/mol. The molecule has 0 aromatic heterocycles. The fraction of sp³-hybridized carbons (Fsp3) is 0.316. The van der Waals surface area contributed by atoms with Crippen LogP contribution in [-0.4, -0.2) is 37.6 Å². The average molecular weight is 426 g/mol. The van der Waals surface area contributed by atoms with E-state index < -0.39 is 0 Å². The summed E-state index contributed by atoms with van der Waals surface area (Å²) >= 11 is 3.46. The van der Waals surface area contributed by atoms with Gasteiger partial charge < -0.3 is 15.0 Å². The van der Waals surface area contributed by atoms with Gasteiger partial charge in [0.25, 0.3) is 0 Å². The maximum Gasteiger partial charge on any atom is 0.227 e. The van der Waals surface area contributed by atoms with Crippen molar-refractivity contribution < 1.29 is 9.53 Å². The standard InChI is InChI=1S/C19H21BrN2O2.ClH/c1-24-18-8-3-2-7-16(18)17-13-21-9-10-22(17)19(23)12-14-5-4-6-15(20)11-14;/h2-8,11,17,21H,9-10,12-13H2,1H3;1H. The molecule has 1 aliphatic rings. The topological polar surface area (TPSA) is 41.6 Å². The van der Waals surface area contributed by atoms with Gasteiger partial charge in [-0.15, -0.1) is 12.4 Å². The molecule has 2 aromatic rings. The average Bonchev–Trinajstić information content (AvgIpc) is 2.61. The van der Waals surface area contributed by atoms with Crippen LogP contribution in [0, 0.1) is 0 Å². The van der Waals surface area contributed by atoms with Crippen molar-refractivity contribution in [1.29, 1.82) is 0 Å². The van der Waals surface area contributed by atoms with Gasteiger partial charge in [0.2, 0.25) is 5.91 Å². The number of ether oxygens (including phenoxy) is 1. The summed E-state index contributed by atoms with van der Waals surface area (Å²) in [5.41, 5.74) is 2.07. The third-order valence-corrected chi connectivity index (χ3v) is 4.80. The molecule has 0 aliphatic carbocycles. The van der Waals surface area contributed by atoms with Crippen molar-refractivity contribution in [3.63, 3.8) is 0 Å². The molecule has 1 saturated heterocycles. The summed E-state index contributed by atoms with van der Waals surface area (Å²) in [5, 5.41) is 3.39. The van der Waals surface area contributed by atoms with Gasteiger partial charge in [-0.3, -0.25) is 4.79 Å². The Bertz CT molecular complexity index is 726. The minimum absolute atomic E-state index is 0. The van der Waals surface area contributed by atoms with Gasteiger partial charge in [0, 0.05) is 29.7 Å². The van der Waals surface area contributed by atoms with E-state index in [1.165, 1.54) is 0 Å². The van der Waals surface area contributed by atoms with Crippen LogP contribution in [0.5, 0.6) is 5.75 Å². The van der Waals surface area contributed by atoms with Crippen molar-refractivity contribution in [3.05, 3.63) is 64.1 Å². The molecule has 1 N–H and O–H groups in total. The van der Waals surface area contributed by atoms with Crippen molar-refractivity contribution >= 4 is 34.2 Å². The minimum Gasteiger partial charge on any atom is -0.496 e. The summed E-state index contributed by atoms with van der Waals surface area (Å²) in [6.45, 7) is 2.26. The smallest absolute Gasteiger partial charge is 0.227 e. The van der Waals surface area contributed by atoms with E-state index in [1.54, 1.807) is 7.11 Å². The Morgan fingerprint density at radius 2 is 2.08 bits per heavy atom. The molecule has 134 valence electrons. The van der Waals surface area contributed by atoms with E-state index in [4.69, 9.17) is 4.74 Å². The number of nitrogens with one attached hydrogen (secondary N) is 1. The molecule has 0 radical (unpaired) electrons. The van der Waals surface area contributed by atoms with Gasteiger partial charge in [0.15, 0.2) is 0 Å². The quantitative estimate of drug-likeness (QED) is 0.814. The van der Waals surface area contributed by atoms with Crippen LogP contribution in [-0.2, 0) is 11.2 Å². The van der Waals surface area contributed by atoms with Gasteiger partial charge in [0.1, 0.15) is 5.75 Å². The minimum atomic E-state index is -0.00504. The Hall–Kier alpha value is -1.56. The lowest BCUT2D eigenvalue weighted by Crippen LogP contribution is -2.49. The molecule has 6 heteroatoms. The predicted octanol–water partition coefficient (Wildman–Crippen LogP) is 3.60. The zero-order valence-corrected chi connectivity index (χ0v) is 16.5. The summed E-state index contributed by atoms with van der Waals surface area (Å²) in [7, 11) is 1.67. The van der Waals surface area contributed by atoms with Crippen molar-refractivity contribution in [3.8, 4) is 5.75 Å². The number of piperazine rings is 1. The molecule has 1 amide bonds. The highest BCUT2D eigenvalue weighted by Gasteiger charge is 2.29. The second-order valence-corrected chi connectivity index (χ2v) is 6.77. The van der Waals surface area contributed by atoms with E-state index in [9.17, 15) is 4.79 Å². The van der Waals surface area contributed by atoms with Gasteiger partial charge in [0.05, 0.1) is 19.6 Å². The van der Waals surface area contributed by atoms with Crippen LogP contribution in [0.4, 0.5) is 0 Å². The first-order valence-electron chi connectivity index (χ1n) is 8.06. The third-order valence-electron chi connectivity index (χ3n) is 4.31. The first-order valence-corrected chi connectivity index (χ1v) is 8.86. The zero-order chi connectivity index (χ0) is 16.9. The van der Waals surface area contributed by atoms with E-state index in [-0.39, 0.29) is 24.4 Å². The number of nitrogens with zero attached hydrogens (tertiary/aromatic N) is 1. The summed E-state index contributed by atoms with van der Waals surface area (Å²) in [4.78, 5) is 14.9. The van der Waals surface area contributed by atoms with Gasteiger partial charge in [-0.2, -0.15) is 0 Å². The lowest BCUT2D eigenvalue weighted by Gasteiger charge is -2.37. The first-order chi connectivity index (χ1) is 11.7. The van der Waals surface area contributed by atoms with Gasteiger partial charge in [-0.25, -0.2) is 0 Å². The molecule has 2 aromatic carbocycles. The van der Waals surface area contributed by atoms with Crippen molar-refractivity contribution in [2.45, 2.75) is 12.5 Å². The molecule has 1 fully saturated rings. The maximum atomic E-state index is 12.9. The van der Waals surface area contributed by atoms with Gasteiger partial charge in [-0.05, 0) is 23.8 Å². The maximum absolute atomic E-state index is 12.9. The number of rotatable bonds is 4. The SMILES string of the molecule is COc1ccccc1C1CNCCN1C(=O)Cc1cccc(Br)c1.Cl. The number of benzene rings is 2. The second-order valence-electron chi connectivity index (χ2n) is 5.86. The molecule has 0 spiro atoms. The number of hydrogen-bond acceptors (Lipinski definition) is 3. The molecule has 3 rings (SSSR count). The normalized spacial score (nSPS) is 16.9. The lowest BCUT2D eigenvalue weighted by atomic mass is 10.0. The van der Waals surface area contributed by atoms with Crippen LogP contribution in [0.2, 0.25) is 0 Å². The number of methoxy groups -OCH3 is 1. The number of amides is 1. The number of para-hydroxylation sites is 1. The van der Waals surface area contributed by atoms with E-state index in [0.29, 0.717) is 13.0 Å². The van der Waals surface area contributed by atoms with Crippen LogP contribution >= 0.6 is 28.3 Å². The highest BCUT2D eigenvalue weighted by atomic mass is 79.9. The fourth-order valence-corrected chi connectivity index (χ4v) is 3.59. The van der Waals surface area contributed by atoms with E-state index in [0.717, 1.165) is 34.4 Å². The number of carbonyl (C=O) groups is 1. The predicted molar refractivity (Wildman–Crippen MR) is 105 cm³/mol. The van der Waals surface area contributed by atoms with Crippen LogP contribution in [0.3, 0.4) is 0 Å². The van der Waals surface area contributed by atoms with Gasteiger partial charge in [-0.1, -0.05) is 46.3 Å². The Morgan fingerprint density at radius 3 is 2.84 bits per heavy atom. The molecule has 1 unspecified atom stereocenters. The number of carbonyl (C=O) groups excluding carboxylic acids is 1. The van der Waals surface area contributed by atoms with E-state index in [1.807, 2.05) is 53.4 Å². The van der Waals surface area contributed by atoms with Crippen LogP contribution in [0.15, 0.2) is 53.0 Å². The number of hydrogen-bond donors (Lipinski definition) is 1. The van der Waals surface area contributed by atoms with Crippen molar-refractivity contribution in [1.82, 2.24) is 10.2 Å². The van der Waals surface area contributed by atoms with Gasteiger partial charge >= 0.3 is 0 Å². The Labute approximate surface area is 163 Å². The van der Waals surface area contributed by atoms with Crippen LogP contribution in [0.25, 0.3) is 0 Å². The summed E-state index contributed by atoms with van der Waals surface area (Å²) in [5.74, 6) is 0.969. The summed E-state index contributed by atoms with van der Waals surface area (Å²) in [6, 6.07) is 15.8. The Balaban J connectivity index is 0.00000225. The molecule has 0 saturated carbocycles. The molecule has 1 aliphatic heterocycles. The molecular weight excluding hydrogens is 404 g/mol. The zero-order valence-electron chi connectivity index (χ0n) is 14.1. The summed E-state index contributed by atoms with van der Waals surface area (Å²) in [6.07, 6.45) is 0.408. The number of halogens is 2. The lowest BCUT2D eigenvalue weighted by molar-refractivity contribution is -0.133. The fourth-order valence-electron chi connectivity index (χ4n) is 3.15. The highest BCUT2D eigenvalue weighted by molar-refractivity contribution is 9.10. The summed E-state index contributed by atoms with van der Waals surface area (Å²) < 4.78 is 6.48. The largest absolute Gasteiger partial charge is 0.496 e. The van der Waals surface area contributed by atoms with E-state index >= 15 is 0 Å². The Morgan fingerprint density at radius 1 is 1.28 bits per heavy atom. The molecular formula is C19H22BrClN2O2. The Kier molecular flexibility index (Phi) is 7.29. The van der Waals surface area contributed by atoms with Crippen molar-refractivity contribution in [2.24, 2.45) is 0 Å². The molecule has 4 nitrogen and oxygen atoms in total. The second kappa shape index (κ2) is 9.22.